The zero-order valence-corrected chi connectivity index (χ0v) is 13.8. The predicted octanol–water partition coefficient (Wildman–Crippen LogP) is 4.11. The number of ether oxygens (including phenoxy) is 2. The Balaban J connectivity index is 1.82. The second kappa shape index (κ2) is 6.73. The molecule has 0 aromatic heterocycles. The van der Waals surface area contributed by atoms with Crippen molar-refractivity contribution in [3.05, 3.63) is 29.0 Å². The molecule has 6 heteroatoms. The first-order valence-corrected chi connectivity index (χ1v) is 7.68. The third-order valence-corrected chi connectivity index (χ3v) is 3.54. The third kappa shape index (κ3) is 4.77. The lowest BCUT2D eigenvalue weighted by molar-refractivity contribution is 0.0284. The van der Waals surface area contributed by atoms with Crippen LogP contribution >= 0.6 is 11.6 Å². The maximum atomic E-state index is 13.6. The lowest BCUT2D eigenvalue weighted by Crippen LogP contribution is -2.35. The molecule has 0 bridgehead atoms. The molecule has 1 atom stereocenters. The van der Waals surface area contributed by atoms with Gasteiger partial charge in [0, 0.05) is 24.0 Å². The Labute approximate surface area is 135 Å². The minimum atomic E-state index is -0.502. The average Bonchev–Trinajstić information content (AvgIpc) is 2.84. The molecular formula is C16H21ClFNO3. The normalized spacial score (nSPS) is 18.4. The van der Waals surface area contributed by atoms with E-state index in [9.17, 15) is 9.18 Å². The molecule has 0 unspecified atom stereocenters. The van der Waals surface area contributed by atoms with Gasteiger partial charge in [-0.15, -0.1) is 0 Å². The fraction of sp³-hybridized carbons (Fsp3) is 0.562. The Kier molecular flexibility index (Phi) is 5.16. The number of amides is 1. The van der Waals surface area contributed by atoms with Crippen LogP contribution in [0, 0.1) is 11.7 Å². The Morgan fingerprint density at radius 2 is 2.18 bits per heavy atom. The summed E-state index contributed by atoms with van der Waals surface area (Å²) in [5.41, 5.74) is -0.502. The summed E-state index contributed by atoms with van der Waals surface area (Å²) in [6, 6.07) is 4.32. The van der Waals surface area contributed by atoms with Crippen LogP contribution in [0.25, 0.3) is 0 Å². The van der Waals surface area contributed by atoms with E-state index in [2.05, 4.69) is 0 Å². The summed E-state index contributed by atoms with van der Waals surface area (Å²) in [7, 11) is 0. The third-order valence-electron chi connectivity index (χ3n) is 3.31. The summed E-state index contributed by atoms with van der Waals surface area (Å²) in [4.78, 5) is 13.6. The molecule has 22 heavy (non-hydrogen) atoms. The van der Waals surface area contributed by atoms with E-state index in [0.29, 0.717) is 24.7 Å². The van der Waals surface area contributed by atoms with E-state index in [1.807, 2.05) is 20.8 Å². The van der Waals surface area contributed by atoms with Gasteiger partial charge >= 0.3 is 6.09 Å². The first-order chi connectivity index (χ1) is 10.2. The highest BCUT2D eigenvalue weighted by Gasteiger charge is 2.30. The van der Waals surface area contributed by atoms with Crippen molar-refractivity contribution in [3.8, 4) is 5.75 Å². The van der Waals surface area contributed by atoms with Gasteiger partial charge in [0.1, 0.15) is 5.60 Å². The van der Waals surface area contributed by atoms with Crippen molar-refractivity contribution in [3.63, 3.8) is 0 Å². The van der Waals surface area contributed by atoms with E-state index >= 15 is 0 Å². The standard InChI is InChI=1S/C16H21ClFNO3/c1-16(2,3)22-15(20)19-7-6-11(9-19)10-21-14-5-4-12(17)8-13(14)18/h4-5,8,11H,6-7,9-10H2,1-3H3/t11-/m1/s1. The fourth-order valence-corrected chi connectivity index (χ4v) is 2.42. The van der Waals surface area contributed by atoms with Crippen LogP contribution in [-0.2, 0) is 4.74 Å². The molecule has 0 radical (unpaired) electrons. The molecule has 1 heterocycles. The van der Waals surface area contributed by atoms with Crippen molar-refractivity contribution in [2.45, 2.75) is 32.8 Å². The van der Waals surface area contributed by atoms with E-state index < -0.39 is 11.4 Å². The zero-order chi connectivity index (χ0) is 16.3. The lowest BCUT2D eigenvalue weighted by Gasteiger charge is -2.24. The van der Waals surface area contributed by atoms with Gasteiger partial charge in [-0.2, -0.15) is 0 Å². The number of nitrogens with zero attached hydrogens (tertiary/aromatic N) is 1. The molecule has 1 aromatic carbocycles. The molecule has 1 saturated heterocycles. The number of halogens is 2. The predicted molar refractivity (Wildman–Crippen MR) is 82.8 cm³/mol. The Morgan fingerprint density at radius 3 is 2.82 bits per heavy atom. The number of hydrogen-bond acceptors (Lipinski definition) is 3. The summed E-state index contributed by atoms with van der Waals surface area (Å²) >= 11 is 5.70. The monoisotopic (exact) mass is 329 g/mol. The van der Waals surface area contributed by atoms with Gasteiger partial charge in [0.25, 0.3) is 0 Å². The summed E-state index contributed by atoms with van der Waals surface area (Å²) < 4.78 is 24.4. The van der Waals surface area contributed by atoms with Crippen molar-refractivity contribution < 1.29 is 18.7 Å². The lowest BCUT2D eigenvalue weighted by atomic mass is 10.1. The molecule has 1 aromatic rings. The summed E-state index contributed by atoms with van der Waals surface area (Å²) in [6.07, 6.45) is 0.502. The highest BCUT2D eigenvalue weighted by Crippen LogP contribution is 2.24. The van der Waals surface area contributed by atoms with Crippen LogP contribution in [-0.4, -0.2) is 36.3 Å². The van der Waals surface area contributed by atoms with Crippen LogP contribution in [0.1, 0.15) is 27.2 Å². The van der Waals surface area contributed by atoms with Crippen molar-refractivity contribution >= 4 is 17.7 Å². The highest BCUT2D eigenvalue weighted by molar-refractivity contribution is 6.30. The van der Waals surface area contributed by atoms with Crippen molar-refractivity contribution in [1.82, 2.24) is 4.90 Å². The molecular weight excluding hydrogens is 309 g/mol. The zero-order valence-electron chi connectivity index (χ0n) is 13.1. The number of carbonyl (C=O) groups is 1. The first kappa shape index (κ1) is 16.9. The fourth-order valence-electron chi connectivity index (χ4n) is 2.26. The second-order valence-electron chi connectivity index (χ2n) is 6.47. The molecule has 2 rings (SSSR count). The van der Waals surface area contributed by atoms with Crippen molar-refractivity contribution in [1.29, 1.82) is 0 Å². The number of likely N-dealkylation sites (tertiary alicyclic amines) is 1. The average molecular weight is 330 g/mol. The van der Waals surface area contributed by atoms with Crippen LogP contribution in [0.2, 0.25) is 5.02 Å². The van der Waals surface area contributed by atoms with Crippen molar-refractivity contribution in [2.75, 3.05) is 19.7 Å². The van der Waals surface area contributed by atoms with Gasteiger partial charge in [0.2, 0.25) is 0 Å². The van der Waals surface area contributed by atoms with E-state index in [1.54, 1.807) is 11.0 Å². The number of hydrogen-bond donors (Lipinski definition) is 0. The van der Waals surface area contributed by atoms with Gasteiger partial charge in [-0.1, -0.05) is 11.6 Å². The molecule has 0 aliphatic carbocycles. The maximum absolute atomic E-state index is 13.6. The summed E-state index contributed by atoms with van der Waals surface area (Å²) in [5.74, 6) is -0.128. The number of rotatable bonds is 3. The number of benzene rings is 1. The van der Waals surface area contributed by atoms with Gasteiger partial charge in [-0.25, -0.2) is 9.18 Å². The molecule has 0 N–H and O–H groups in total. The van der Waals surface area contributed by atoms with E-state index in [-0.39, 0.29) is 17.8 Å². The molecule has 122 valence electrons. The maximum Gasteiger partial charge on any atom is 0.410 e. The molecule has 1 fully saturated rings. The van der Waals surface area contributed by atoms with Gasteiger partial charge in [0.05, 0.1) is 6.61 Å². The Morgan fingerprint density at radius 1 is 1.45 bits per heavy atom. The summed E-state index contributed by atoms with van der Waals surface area (Å²) in [5, 5.41) is 0.335. The van der Waals surface area contributed by atoms with Gasteiger partial charge in [0.15, 0.2) is 11.6 Å². The van der Waals surface area contributed by atoms with Crippen LogP contribution in [0.15, 0.2) is 18.2 Å². The van der Waals surface area contributed by atoms with E-state index in [1.165, 1.54) is 12.1 Å². The van der Waals surface area contributed by atoms with E-state index in [0.717, 1.165) is 6.42 Å². The van der Waals surface area contributed by atoms with Gasteiger partial charge in [-0.05, 0) is 45.4 Å². The Hall–Kier alpha value is -1.49. The quantitative estimate of drug-likeness (QED) is 0.837. The number of carbonyl (C=O) groups excluding carboxylic acids is 1. The van der Waals surface area contributed by atoms with Gasteiger partial charge < -0.3 is 14.4 Å². The second-order valence-corrected chi connectivity index (χ2v) is 6.90. The van der Waals surface area contributed by atoms with Crippen molar-refractivity contribution in [2.24, 2.45) is 5.92 Å². The van der Waals surface area contributed by atoms with E-state index in [4.69, 9.17) is 21.1 Å². The van der Waals surface area contributed by atoms with Gasteiger partial charge in [-0.3, -0.25) is 0 Å². The smallest absolute Gasteiger partial charge is 0.410 e. The SMILES string of the molecule is CC(C)(C)OC(=O)N1CC[C@@H](COc2ccc(Cl)cc2F)C1. The highest BCUT2D eigenvalue weighted by atomic mass is 35.5. The van der Waals surface area contributed by atoms with Crippen LogP contribution < -0.4 is 4.74 Å². The topological polar surface area (TPSA) is 38.8 Å². The molecule has 1 amide bonds. The largest absolute Gasteiger partial charge is 0.490 e. The minimum absolute atomic E-state index is 0.169. The van der Waals surface area contributed by atoms with Crippen LogP contribution in [0.4, 0.5) is 9.18 Å². The molecule has 1 aliphatic rings. The molecule has 4 nitrogen and oxygen atoms in total. The Bertz CT molecular complexity index is 545. The molecule has 0 saturated carbocycles. The summed E-state index contributed by atoms with van der Waals surface area (Å²) in [6.45, 7) is 7.06. The van der Waals surface area contributed by atoms with Crippen LogP contribution in [0.5, 0.6) is 5.75 Å². The molecule has 0 spiro atoms. The van der Waals surface area contributed by atoms with Crippen LogP contribution in [0.3, 0.4) is 0 Å². The molecule has 1 aliphatic heterocycles. The minimum Gasteiger partial charge on any atom is -0.490 e. The first-order valence-electron chi connectivity index (χ1n) is 7.30.